The van der Waals surface area contributed by atoms with Crippen LogP contribution in [0.15, 0.2) is 0 Å². The van der Waals surface area contributed by atoms with Crippen LogP contribution in [0.25, 0.3) is 0 Å². The SMILES string of the molecule is CC(C)CC(=O)O[C@@H]1C[C@H]2CC[C@]1(CS(=O)(=O)N(C1CCCCC1)C1CCCCC1)C2(C)C. The van der Waals surface area contributed by atoms with Gasteiger partial charge in [-0.1, -0.05) is 66.2 Å². The molecule has 0 unspecified atom stereocenters. The van der Waals surface area contributed by atoms with Gasteiger partial charge in [0.2, 0.25) is 10.0 Å². The lowest BCUT2D eigenvalue weighted by molar-refractivity contribution is -0.157. The van der Waals surface area contributed by atoms with Crippen LogP contribution < -0.4 is 0 Å². The molecule has 5 nitrogen and oxygen atoms in total. The van der Waals surface area contributed by atoms with E-state index in [1.54, 1.807) is 0 Å². The lowest BCUT2D eigenvalue weighted by Crippen LogP contribution is -2.54. The number of sulfonamides is 1. The molecule has 3 atom stereocenters. The molecule has 0 radical (unpaired) electrons. The highest BCUT2D eigenvalue weighted by molar-refractivity contribution is 7.89. The van der Waals surface area contributed by atoms with Crippen molar-refractivity contribution in [1.82, 2.24) is 4.31 Å². The lowest BCUT2D eigenvalue weighted by Gasteiger charge is -2.46. The van der Waals surface area contributed by atoms with Crippen LogP contribution >= 0.6 is 0 Å². The standard InChI is InChI=1S/C27H47NO4S/c1-20(2)17-25(29)32-24-18-21-15-16-27(24,26(21,3)4)19-33(30,31)28(22-11-7-5-8-12-22)23-13-9-6-10-14-23/h20-24H,5-19H2,1-4H3/t21-,24-,27-/m1/s1. The molecule has 4 aliphatic carbocycles. The van der Waals surface area contributed by atoms with Crippen molar-refractivity contribution in [1.29, 1.82) is 0 Å². The summed E-state index contributed by atoms with van der Waals surface area (Å²) in [5.41, 5.74) is -0.599. The lowest BCUT2D eigenvalue weighted by atomic mass is 9.69. The first-order chi connectivity index (χ1) is 15.6. The highest BCUT2D eigenvalue weighted by Crippen LogP contribution is 2.67. The largest absolute Gasteiger partial charge is 0.462 e. The van der Waals surface area contributed by atoms with Gasteiger partial charge in [0.25, 0.3) is 0 Å². The minimum Gasteiger partial charge on any atom is -0.462 e. The van der Waals surface area contributed by atoms with E-state index in [1.165, 1.54) is 12.8 Å². The molecule has 0 heterocycles. The molecule has 0 amide bonds. The van der Waals surface area contributed by atoms with Gasteiger partial charge < -0.3 is 4.74 Å². The highest BCUT2D eigenvalue weighted by Gasteiger charge is 2.67. The first-order valence-electron chi connectivity index (χ1n) is 13.8. The van der Waals surface area contributed by atoms with Crippen LogP contribution in [-0.2, 0) is 19.6 Å². The fourth-order valence-corrected chi connectivity index (χ4v) is 10.7. The number of rotatable bonds is 8. The smallest absolute Gasteiger partial charge is 0.306 e. The summed E-state index contributed by atoms with van der Waals surface area (Å²) in [6.45, 7) is 8.53. The van der Waals surface area contributed by atoms with Crippen molar-refractivity contribution in [2.24, 2.45) is 22.7 Å². The minimum atomic E-state index is -3.47. The van der Waals surface area contributed by atoms with Gasteiger partial charge >= 0.3 is 5.97 Å². The van der Waals surface area contributed by atoms with Gasteiger partial charge in [-0.3, -0.25) is 4.79 Å². The predicted molar refractivity (Wildman–Crippen MR) is 132 cm³/mol. The molecule has 0 aromatic carbocycles. The molecule has 0 N–H and O–H groups in total. The first kappa shape index (κ1) is 25.5. The molecule has 6 heteroatoms. The van der Waals surface area contributed by atoms with Crippen LogP contribution in [0.1, 0.15) is 118 Å². The fraction of sp³-hybridized carbons (Fsp3) is 0.963. The second-order valence-corrected chi connectivity index (χ2v) is 14.5. The van der Waals surface area contributed by atoms with Crippen LogP contribution in [0, 0.1) is 22.7 Å². The molecule has 0 aromatic rings. The Hall–Kier alpha value is -0.620. The Morgan fingerprint density at radius 1 is 0.939 bits per heavy atom. The van der Waals surface area contributed by atoms with E-state index < -0.39 is 15.4 Å². The summed E-state index contributed by atoms with van der Waals surface area (Å²) in [6, 6.07) is 0.318. The maximum absolute atomic E-state index is 14.4. The summed E-state index contributed by atoms with van der Waals surface area (Å²) in [6.07, 6.45) is 13.9. The van der Waals surface area contributed by atoms with Gasteiger partial charge in [-0.25, -0.2) is 8.42 Å². The molecular weight excluding hydrogens is 434 g/mol. The second-order valence-electron chi connectivity index (χ2n) is 12.6. The van der Waals surface area contributed by atoms with Gasteiger partial charge in [-0.15, -0.1) is 0 Å². The molecule has 0 spiro atoms. The third kappa shape index (κ3) is 4.90. The molecule has 33 heavy (non-hydrogen) atoms. The van der Waals surface area contributed by atoms with Crippen LogP contribution in [0.3, 0.4) is 0 Å². The zero-order valence-electron chi connectivity index (χ0n) is 21.5. The van der Waals surface area contributed by atoms with Crippen molar-refractivity contribution in [2.75, 3.05) is 5.75 Å². The van der Waals surface area contributed by atoms with Gasteiger partial charge in [-0.2, -0.15) is 4.31 Å². The summed E-state index contributed by atoms with van der Waals surface area (Å²) in [7, 11) is -3.47. The van der Waals surface area contributed by atoms with E-state index in [9.17, 15) is 13.2 Å². The molecule has 4 rings (SSSR count). The number of hydrogen-bond acceptors (Lipinski definition) is 4. The highest BCUT2D eigenvalue weighted by atomic mass is 32.2. The Morgan fingerprint density at radius 3 is 1.97 bits per heavy atom. The molecule has 4 saturated carbocycles. The molecule has 4 fully saturated rings. The van der Waals surface area contributed by atoms with Crippen molar-refractivity contribution in [2.45, 2.75) is 136 Å². The number of carbonyl (C=O) groups excluding carboxylic acids is 1. The van der Waals surface area contributed by atoms with Gasteiger partial charge in [0.05, 0.1) is 5.75 Å². The number of hydrogen-bond donors (Lipinski definition) is 0. The first-order valence-corrected chi connectivity index (χ1v) is 15.4. The maximum Gasteiger partial charge on any atom is 0.306 e. The van der Waals surface area contributed by atoms with E-state index in [1.807, 2.05) is 18.2 Å². The third-order valence-electron chi connectivity index (χ3n) is 9.84. The molecule has 0 saturated heterocycles. The average Bonchev–Trinajstić information content (AvgIpc) is 3.09. The van der Waals surface area contributed by atoms with Crippen LogP contribution in [0.4, 0.5) is 0 Å². The van der Waals surface area contributed by atoms with Gasteiger partial charge in [-0.05, 0) is 62.2 Å². The number of esters is 1. The van der Waals surface area contributed by atoms with Gasteiger partial charge in [0.15, 0.2) is 0 Å². The van der Waals surface area contributed by atoms with E-state index in [0.717, 1.165) is 70.6 Å². The fourth-order valence-electron chi connectivity index (χ4n) is 7.87. The van der Waals surface area contributed by atoms with E-state index in [4.69, 9.17) is 4.74 Å². The quantitative estimate of drug-likeness (QED) is 0.395. The number of nitrogens with zero attached hydrogens (tertiary/aromatic N) is 1. The van der Waals surface area contributed by atoms with Gasteiger partial charge in [0.1, 0.15) is 6.10 Å². The van der Waals surface area contributed by atoms with Crippen molar-refractivity contribution in [3.8, 4) is 0 Å². The molecule has 0 aromatic heterocycles. The normalized spacial score (nSPS) is 33.2. The summed E-state index contributed by atoms with van der Waals surface area (Å²) >= 11 is 0. The minimum absolute atomic E-state index is 0.131. The van der Waals surface area contributed by atoms with Crippen LogP contribution in [0.2, 0.25) is 0 Å². The number of carbonyl (C=O) groups is 1. The Morgan fingerprint density at radius 2 is 1.48 bits per heavy atom. The van der Waals surface area contributed by atoms with E-state index >= 15 is 0 Å². The predicted octanol–water partition coefficient (Wildman–Crippen LogP) is 6.07. The summed E-state index contributed by atoms with van der Waals surface area (Å²) in [5.74, 6) is 0.668. The Kier molecular flexibility index (Phi) is 7.56. The summed E-state index contributed by atoms with van der Waals surface area (Å²) in [4.78, 5) is 12.7. The average molecular weight is 482 g/mol. The molecule has 0 aliphatic heterocycles. The van der Waals surface area contributed by atoms with Crippen molar-refractivity contribution in [3.05, 3.63) is 0 Å². The Labute approximate surface area is 202 Å². The topological polar surface area (TPSA) is 63.7 Å². The van der Waals surface area contributed by atoms with Crippen molar-refractivity contribution < 1.29 is 17.9 Å². The van der Waals surface area contributed by atoms with Gasteiger partial charge in [0, 0.05) is 23.9 Å². The zero-order chi connectivity index (χ0) is 23.9. The Bertz CT molecular complexity index is 777. The number of fused-ring (bicyclic) bond motifs is 2. The molecule has 4 aliphatic rings. The van der Waals surface area contributed by atoms with Crippen molar-refractivity contribution in [3.63, 3.8) is 0 Å². The van der Waals surface area contributed by atoms with Crippen LogP contribution in [0.5, 0.6) is 0 Å². The van der Waals surface area contributed by atoms with E-state index in [-0.39, 0.29) is 41.2 Å². The Balaban J connectivity index is 1.62. The number of ether oxygens (including phenoxy) is 1. The van der Waals surface area contributed by atoms with E-state index in [0.29, 0.717) is 12.3 Å². The second kappa shape index (κ2) is 9.79. The zero-order valence-corrected chi connectivity index (χ0v) is 22.3. The molecular formula is C27H47NO4S. The van der Waals surface area contributed by atoms with Crippen molar-refractivity contribution >= 4 is 16.0 Å². The summed E-state index contributed by atoms with van der Waals surface area (Å²) in [5, 5.41) is 0. The molecule has 2 bridgehead atoms. The van der Waals surface area contributed by atoms with E-state index in [2.05, 4.69) is 13.8 Å². The van der Waals surface area contributed by atoms with Crippen LogP contribution in [-0.4, -0.2) is 42.6 Å². The molecule has 190 valence electrons. The summed E-state index contributed by atoms with van der Waals surface area (Å²) < 4.78 is 36.8. The monoisotopic (exact) mass is 481 g/mol. The maximum atomic E-state index is 14.4. The third-order valence-corrected chi connectivity index (χ3v) is 12.0.